The molecule has 3 nitrogen and oxygen atoms in total. The Hall–Kier alpha value is -2.33. The van der Waals surface area contributed by atoms with Crippen molar-refractivity contribution in [1.29, 1.82) is 0 Å². The van der Waals surface area contributed by atoms with E-state index in [1.54, 1.807) is 0 Å². The summed E-state index contributed by atoms with van der Waals surface area (Å²) in [6.07, 6.45) is 0. The number of hydrogen-bond acceptors (Lipinski definition) is 2. The Morgan fingerprint density at radius 3 is 2.71 bits per heavy atom. The van der Waals surface area contributed by atoms with Crippen LogP contribution < -0.4 is 4.74 Å². The van der Waals surface area contributed by atoms with Gasteiger partial charge in [0.25, 0.3) is 0 Å². The van der Waals surface area contributed by atoms with Crippen LogP contribution in [0.5, 0.6) is 5.88 Å². The quantitative estimate of drug-likeness (QED) is 0.674. The second-order valence-corrected chi connectivity index (χ2v) is 5.57. The van der Waals surface area contributed by atoms with Crippen LogP contribution in [0.1, 0.15) is 11.1 Å². The molecular weight excluding hydrogens is 280 g/mol. The number of aromatic nitrogens is 2. The van der Waals surface area contributed by atoms with Crippen molar-refractivity contribution in [2.75, 3.05) is 0 Å². The van der Waals surface area contributed by atoms with Crippen LogP contribution in [0.15, 0.2) is 48.5 Å². The number of nitrogens with one attached hydrogen (secondary N) is 1. The molecule has 2 aromatic carbocycles. The molecule has 0 radical (unpaired) electrons. The molecule has 1 aromatic heterocycles. The SMILES string of the molecule is Cc1cccc2c1-n1c(c(-c3ccccc3)[nH]c1=S)OC2. The number of fused-ring (bicyclic) bond motifs is 3. The molecule has 0 spiro atoms. The highest BCUT2D eigenvalue weighted by atomic mass is 32.1. The molecule has 0 saturated carbocycles. The van der Waals surface area contributed by atoms with Gasteiger partial charge in [-0.15, -0.1) is 0 Å². The third-order valence-electron chi connectivity index (χ3n) is 3.82. The van der Waals surface area contributed by atoms with Crippen molar-refractivity contribution in [3.8, 4) is 22.8 Å². The summed E-state index contributed by atoms with van der Waals surface area (Å²) in [4.78, 5) is 3.29. The maximum Gasteiger partial charge on any atom is 0.225 e. The topological polar surface area (TPSA) is 29.9 Å². The molecule has 3 aromatic rings. The summed E-state index contributed by atoms with van der Waals surface area (Å²) in [6, 6.07) is 16.4. The van der Waals surface area contributed by atoms with Crippen LogP contribution in [0.25, 0.3) is 16.9 Å². The number of benzene rings is 2. The van der Waals surface area contributed by atoms with E-state index in [-0.39, 0.29) is 0 Å². The Morgan fingerprint density at radius 1 is 1.10 bits per heavy atom. The average Bonchev–Trinajstić information content (AvgIpc) is 2.86. The van der Waals surface area contributed by atoms with Crippen LogP contribution in [0.3, 0.4) is 0 Å². The summed E-state index contributed by atoms with van der Waals surface area (Å²) >= 11 is 5.52. The highest BCUT2D eigenvalue weighted by Crippen LogP contribution is 2.37. The lowest BCUT2D eigenvalue weighted by atomic mass is 10.1. The minimum absolute atomic E-state index is 0.573. The number of aromatic amines is 1. The van der Waals surface area contributed by atoms with Gasteiger partial charge in [-0.3, -0.25) is 4.57 Å². The molecule has 2 heterocycles. The Bertz CT molecular complexity index is 878. The minimum atomic E-state index is 0.573. The van der Waals surface area contributed by atoms with Crippen LogP contribution >= 0.6 is 12.2 Å². The number of para-hydroxylation sites is 1. The number of aryl methyl sites for hydroxylation is 1. The molecule has 21 heavy (non-hydrogen) atoms. The molecule has 4 rings (SSSR count). The summed E-state index contributed by atoms with van der Waals surface area (Å²) < 4.78 is 8.65. The lowest BCUT2D eigenvalue weighted by Crippen LogP contribution is -2.13. The Kier molecular flexibility index (Phi) is 2.72. The van der Waals surface area contributed by atoms with Gasteiger partial charge in [0.1, 0.15) is 12.3 Å². The van der Waals surface area contributed by atoms with E-state index in [1.165, 1.54) is 5.56 Å². The molecule has 0 aliphatic carbocycles. The zero-order valence-corrected chi connectivity index (χ0v) is 12.4. The number of hydrogen-bond donors (Lipinski definition) is 1. The van der Waals surface area contributed by atoms with Crippen molar-refractivity contribution in [2.45, 2.75) is 13.5 Å². The fourth-order valence-electron chi connectivity index (χ4n) is 2.86. The van der Waals surface area contributed by atoms with Crippen LogP contribution in [-0.4, -0.2) is 9.55 Å². The molecule has 1 N–H and O–H groups in total. The van der Waals surface area contributed by atoms with E-state index in [2.05, 4.69) is 42.2 Å². The van der Waals surface area contributed by atoms with Crippen LogP contribution in [0.4, 0.5) is 0 Å². The molecule has 104 valence electrons. The van der Waals surface area contributed by atoms with Crippen LogP contribution in [0, 0.1) is 11.7 Å². The molecule has 0 unspecified atom stereocenters. The average molecular weight is 294 g/mol. The third-order valence-corrected chi connectivity index (χ3v) is 4.11. The van der Waals surface area contributed by atoms with E-state index < -0.39 is 0 Å². The fraction of sp³-hybridized carbons (Fsp3) is 0.118. The highest BCUT2D eigenvalue weighted by Gasteiger charge is 2.24. The number of rotatable bonds is 1. The van der Waals surface area contributed by atoms with Crippen LogP contribution in [-0.2, 0) is 6.61 Å². The molecular formula is C17H14N2OS. The van der Waals surface area contributed by atoms with Gasteiger partial charge in [0.2, 0.25) is 5.88 Å². The minimum Gasteiger partial charge on any atom is -0.472 e. The van der Waals surface area contributed by atoms with Gasteiger partial charge < -0.3 is 9.72 Å². The first kappa shape index (κ1) is 12.4. The second kappa shape index (κ2) is 4.60. The monoisotopic (exact) mass is 294 g/mol. The summed E-state index contributed by atoms with van der Waals surface area (Å²) in [6.45, 7) is 2.67. The molecule has 0 amide bonds. The van der Waals surface area contributed by atoms with Gasteiger partial charge in [-0.05, 0) is 24.7 Å². The zero-order valence-electron chi connectivity index (χ0n) is 11.6. The molecule has 0 atom stereocenters. The van der Waals surface area contributed by atoms with Crippen molar-refractivity contribution < 1.29 is 4.74 Å². The van der Waals surface area contributed by atoms with E-state index in [9.17, 15) is 0 Å². The van der Waals surface area contributed by atoms with E-state index >= 15 is 0 Å². The van der Waals surface area contributed by atoms with Gasteiger partial charge in [0.05, 0.1) is 5.69 Å². The summed E-state index contributed by atoms with van der Waals surface area (Å²) in [5, 5.41) is 0. The maximum atomic E-state index is 5.98. The smallest absolute Gasteiger partial charge is 0.225 e. The number of H-pyrrole nitrogens is 1. The molecule has 4 heteroatoms. The Morgan fingerprint density at radius 2 is 1.90 bits per heavy atom. The number of imidazole rings is 1. The van der Waals surface area contributed by atoms with E-state index in [0.29, 0.717) is 11.4 Å². The first-order valence-electron chi connectivity index (χ1n) is 6.88. The molecule has 1 aliphatic rings. The van der Waals surface area contributed by atoms with Gasteiger partial charge >= 0.3 is 0 Å². The molecule has 0 saturated heterocycles. The predicted molar refractivity (Wildman–Crippen MR) is 85.5 cm³/mol. The lowest BCUT2D eigenvalue weighted by molar-refractivity contribution is 0.276. The first-order valence-corrected chi connectivity index (χ1v) is 7.28. The molecule has 1 aliphatic heterocycles. The number of ether oxygens (including phenoxy) is 1. The van der Waals surface area contributed by atoms with Crippen molar-refractivity contribution in [3.05, 3.63) is 64.4 Å². The van der Waals surface area contributed by atoms with Gasteiger partial charge in [0, 0.05) is 11.1 Å². The zero-order chi connectivity index (χ0) is 14.4. The normalized spacial score (nSPS) is 12.4. The maximum absolute atomic E-state index is 5.98. The summed E-state index contributed by atoms with van der Waals surface area (Å²) in [5.74, 6) is 0.799. The number of nitrogens with zero attached hydrogens (tertiary/aromatic N) is 1. The third kappa shape index (κ3) is 1.83. The van der Waals surface area contributed by atoms with E-state index in [1.807, 2.05) is 22.8 Å². The lowest BCUT2D eigenvalue weighted by Gasteiger charge is -2.22. The summed E-state index contributed by atoms with van der Waals surface area (Å²) in [5.41, 5.74) is 5.52. The standard InChI is InChI=1S/C17H14N2OS/c1-11-6-5-9-13-10-20-16-14(12-7-3-2-4-8-12)18-17(21)19(16)15(11)13/h2-9H,10H2,1H3,(H,18,21). The Labute approximate surface area is 127 Å². The van der Waals surface area contributed by atoms with Gasteiger partial charge in [-0.1, -0.05) is 48.5 Å². The van der Waals surface area contributed by atoms with Crippen molar-refractivity contribution >= 4 is 12.2 Å². The van der Waals surface area contributed by atoms with E-state index in [0.717, 1.165) is 28.4 Å². The molecule has 0 bridgehead atoms. The van der Waals surface area contributed by atoms with Crippen molar-refractivity contribution in [3.63, 3.8) is 0 Å². The van der Waals surface area contributed by atoms with Crippen molar-refractivity contribution in [1.82, 2.24) is 9.55 Å². The second-order valence-electron chi connectivity index (χ2n) is 5.18. The highest BCUT2D eigenvalue weighted by molar-refractivity contribution is 7.71. The first-order chi connectivity index (χ1) is 10.3. The molecule has 0 fully saturated rings. The largest absolute Gasteiger partial charge is 0.472 e. The van der Waals surface area contributed by atoms with Crippen molar-refractivity contribution in [2.24, 2.45) is 0 Å². The predicted octanol–water partition coefficient (Wildman–Crippen LogP) is 4.40. The summed E-state index contributed by atoms with van der Waals surface area (Å²) in [7, 11) is 0. The van der Waals surface area contributed by atoms with E-state index in [4.69, 9.17) is 17.0 Å². The van der Waals surface area contributed by atoms with Gasteiger partial charge in [-0.25, -0.2) is 0 Å². The van der Waals surface area contributed by atoms with Gasteiger partial charge in [-0.2, -0.15) is 0 Å². The van der Waals surface area contributed by atoms with Gasteiger partial charge in [0.15, 0.2) is 4.77 Å². The fourth-order valence-corrected chi connectivity index (χ4v) is 3.14. The Balaban J connectivity index is 2.02. The van der Waals surface area contributed by atoms with Crippen LogP contribution in [0.2, 0.25) is 0 Å².